The first-order chi connectivity index (χ1) is 6.27. The third-order valence-corrected chi connectivity index (χ3v) is 2.12. The Morgan fingerprint density at radius 2 is 2.31 bits per heavy atom. The molecule has 0 aliphatic rings. The number of anilines is 1. The lowest BCUT2D eigenvalue weighted by Gasteiger charge is -1.98. The molecule has 5 nitrogen and oxygen atoms in total. The Morgan fingerprint density at radius 3 is 2.92 bits per heavy atom. The molecular weight excluding hydrogens is 234 g/mol. The Morgan fingerprint density at radius 1 is 1.46 bits per heavy atom. The van der Waals surface area contributed by atoms with E-state index in [9.17, 15) is 0 Å². The molecule has 0 amide bonds. The van der Waals surface area contributed by atoms with E-state index in [0.29, 0.717) is 16.1 Å². The van der Waals surface area contributed by atoms with Crippen LogP contribution in [-0.4, -0.2) is 20.2 Å². The van der Waals surface area contributed by atoms with Crippen molar-refractivity contribution in [1.29, 1.82) is 0 Å². The number of hydrogen-bond acceptors (Lipinski definition) is 4. The molecule has 2 aromatic rings. The maximum absolute atomic E-state index is 5.50. The molecule has 66 valence electrons. The molecule has 2 rings (SSSR count). The van der Waals surface area contributed by atoms with Crippen LogP contribution < -0.4 is 5.73 Å². The monoisotopic (exact) mass is 239 g/mol. The number of nitrogen functional groups attached to an aromatic ring is 1. The average Bonchev–Trinajstić information content (AvgIpc) is 2.62. The molecule has 0 unspecified atom stereocenters. The van der Waals surface area contributed by atoms with Gasteiger partial charge in [-0.05, 0) is 22.0 Å². The Hall–Kier alpha value is -1.43. The van der Waals surface area contributed by atoms with Gasteiger partial charge in [0.15, 0.2) is 5.82 Å². The van der Waals surface area contributed by atoms with Gasteiger partial charge in [-0.2, -0.15) is 5.10 Å². The molecule has 0 aliphatic heterocycles. The minimum absolute atomic E-state index is 0.378. The van der Waals surface area contributed by atoms with E-state index in [2.05, 4.69) is 36.1 Å². The number of halogens is 1. The van der Waals surface area contributed by atoms with Crippen LogP contribution >= 0.6 is 15.9 Å². The lowest BCUT2D eigenvalue weighted by molar-refractivity contribution is 1.07. The zero-order valence-corrected chi connectivity index (χ0v) is 8.12. The van der Waals surface area contributed by atoms with E-state index in [1.807, 2.05) is 6.07 Å². The van der Waals surface area contributed by atoms with Crippen molar-refractivity contribution in [2.24, 2.45) is 0 Å². The maximum Gasteiger partial charge on any atom is 0.156 e. The van der Waals surface area contributed by atoms with E-state index in [4.69, 9.17) is 5.73 Å². The minimum Gasteiger partial charge on any atom is -0.381 e. The Balaban J connectivity index is 2.49. The molecular formula is C7H6BrN5. The van der Waals surface area contributed by atoms with Gasteiger partial charge >= 0.3 is 0 Å². The molecule has 0 aliphatic carbocycles. The summed E-state index contributed by atoms with van der Waals surface area (Å²) < 4.78 is 0.541. The van der Waals surface area contributed by atoms with Gasteiger partial charge < -0.3 is 5.73 Å². The normalized spacial score (nSPS) is 10.2. The standard InChI is InChI=1S/C7H6BrN5/c8-6-7(9)10-3-5(12-6)4-1-2-11-13-4/h1-3H,(H2,9,10)(H,11,13). The van der Waals surface area contributed by atoms with Crippen LogP contribution in [0.5, 0.6) is 0 Å². The van der Waals surface area contributed by atoms with Crippen LogP contribution in [0.1, 0.15) is 0 Å². The van der Waals surface area contributed by atoms with Gasteiger partial charge in [-0.15, -0.1) is 0 Å². The van der Waals surface area contributed by atoms with E-state index in [1.54, 1.807) is 12.4 Å². The highest BCUT2D eigenvalue weighted by atomic mass is 79.9. The van der Waals surface area contributed by atoms with Crippen molar-refractivity contribution in [1.82, 2.24) is 20.2 Å². The summed E-state index contributed by atoms with van der Waals surface area (Å²) in [7, 11) is 0. The fourth-order valence-electron chi connectivity index (χ4n) is 0.904. The van der Waals surface area contributed by atoms with Gasteiger partial charge in [-0.1, -0.05) is 0 Å². The zero-order valence-electron chi connectivity index (χ0n) is 6.53. The summed E-state index contributed by atoms with van der Waals surface area (Å²) in [5, 5.41) is 6.60. The van der Waals surface area contributed by atoms with Crippen molar-refractivity contribution in [2.75, 3.05) is 5.73 Å². The van der Waals surface area contributed by atoms with Crippen LogP contribution in [0.15, 0.2) is 23.1 Å². The van der Waals surface area contributed by atoms with Crippen LogP contribution in [0.2, 0.25) is 0 Å². The molecule has 0 radical (unpaired) electrons. The first-order valence-electron chi connectivity index (χ1n) is 3.55. The third-order valence-electron chi connectivity index (χ3n) is 1.53. The molecule has 0 fully saturated rings. The molecule has 3 N–H and O–H groups in total. The fraction of sp³-hybridized carbons (Fsp3) is 0. The molecule has 0 atom stereocenters. The van der Waals surface area contributed by atoms with Crippen LogP contribution in [0, 0.1) is 0 Å². The Kier molecular flexibility index (Phi) is 1.97. The second-order valence-electron chi connectivity index (χ2n) is 2.40. The molecule has 0 spiro atoms. The minimum atomic E-state index is 0.378. The molecule has 0 saturated heterocycles. The quantitative estimate of drug-likeness (QED) is 0.784. The van der Waals surface area contributed by atoms with Gasteiger partial charge in [0, 0.05) is 6.20 Å². The fourth-order valence-corrected chi connectivity index (χ4v) is 1.20. The molecule has 6 heteroatoms. The summed E-state index contributed by atoms with van der Waals surface area (Å²) in [6.45, 7) is 0. The van der Waals surface area contributed by atoms with Crippen molar-refractivity contribution < 1.29 is 0 Å². The molecule has 2 aromatic heterocycles. The van der Waals surface area contributed by atoms with Gasteiger partial charge in [0.1, 0.15) is 10.3 Å². The summed E-state index contributed by atoms with van der Waals surface area (Å²) in [6.07, 6.45) is 3.24. The van der Waals surface area contributed by atoms with Gasteiger partial charge in [-0.25, -0.2) is 9.97 Å². The lowest BCUT2D eigenvalue weighted by atomic mass is 10.3. The van der Waals surface area contributed by atoms with E-state index >= 15 is 0 Å². The number of rotatable bonds is 1. The predicted molar refractivity (Wildman–Crippen MR) is 51.7 cm³/mol. The average molecular weight is 240 g/mol. The number of nitrogens with one attached hydrogen (secondary N) is 1. The molecule has 2 heterocycles. The van der Waals surface area contributed by atoms with Crippen LogP contribution in [0.3, 0.4) is 0 Å². The third kappa shape index (κ3) is 1.52. The van der Waals surface area contributed by atoms with Crippen LogP contribution in [0.4, 0.5) is 5.82 Å². The highest BCUT2D eigenvalue weighted by Gasteiger charge is 2.04. The Labute approximate surface area is 82.5 Å². The van der Waals surface area contributed by atoms with E-state index in [-0.39, 0.29) is 0 Å². The Bertz CT molecular complexity index is 411. The van der Waals surface area contributed by atoms with Gasteiger partial charge in [0.2, 0.25) is 0 Å². The number of aromatic amines is 1. The predicted octanol–water partition coefficient (Wildman–Crippen LogP) is 1.21. The topological polar surface area (TPSA) is 80.5 Å². The van der Waals surface area contributed by atoms with Crippen molar-refractivity contribution in [3.8, 4) is 11.4 Å². The van der Waals surface area contributed by atoms with Crippen molar-refractivity contribution >= 4 is 21.7 Å². The lowest BCUT2D eigenvalue weighted by Crippen LogP contribution is -1.95. The second-order valence-corrected chi connectivity index (χ2v) is 3.15. The molecule has 13 heavy (non-hydrogen) atoms. The van der Waals surface area contributed by atoms with Crippen molar-refractivity contribution in [2.45, 2.75) is 0 Å². The first kappa shape index (κ1) is 8.18. The van der Waals surface area contributed by atoms with Crippen LogP contribution in [0.25, 0.3) is 11.4 Å². The SMILES string of the molecule is Nc1ncc(-c2ccn[nH]2)nc1Br. The summed E-state index contributed by atoms with van der Waals surface area (Å²) in [6, 6.07) is 1.81. The summed E-state index contributed by atoms with van der Waals surface area (Å²) >= 11 is 3.20. The molecule has 0 saturated carbocycles. The van der Waals surface area contributed by atoms with Crippen molar-refractivity contribution in [3.05, 3.63) is 23.1 Å². The smallest absolute Gasteiger partial charge is 0.156 e. The maximum atomic E-state index is 5.50. The number of nitrogens with zero attached hydrogens (tertiary/aromatic N) is 3. The van der Waals surface area contributed by atoms with E-state index < -0.39 is 0 Å². The first-order valence-corrected chi connectivity index (χ1v) is 4.34. The molecule has 0 bridgehead atoms. The number of H-pyrrole nitrogens is 1. The van der Waals surface area contributed by atoms with Crippen LogP contribution in [-0.2, 0) is 0 Å². The zero-order chi connectivity index (χ0) is 9.26. The summed E-state index contributed by atoms with van der Waals surface area (Å²) in [4.78, 5) is 8.13. The van der Waals surface area contributed by atoms with Gasteiger partial charge in [-0.3, -0.25) is 5.10 Å². The molecule has 0 aromatic carbocycles. The highest BCUT2D eigenvalue weighted by molar-refractivity contribution is 9.10. The van der Waals surface area contributed by atoms with Gasteiger partial charge in [0.25, 0.3) is 0 Å². The summed E-state index contributed by atoms with van der Waals surface area (Å²) in [5.41, 5.74) is 7.02. The van der Waals surface area contributed by atoms with E-state index in [1.165, 1.54) is 0 Å². The summed E-state index contributed by atoms with van der Waals surface area (Å²) in [5.74, 6) is 0.378. The van der Waals surface area contributed by atoms with Gasteiger partial charge in [0.05, 0.1) is 11.9 Å². The second kappa shape index (κ2) is 3.14. The van der Waals surface area contributed by atoms with E-state index in [0.717, 1.165) is 5.69 Å². The van der Waals surface area contributed by atoms with Crippen molar-refractivity contribution in [3.63, 3.8) is 0 Å². The number of aromatic nitrogens is 4. The highest BCUT2D eigenvalue weighted by Crippen LogP contribution is 2.18. The number of hydrogen-bond donors (Lipinski definition) is 2. The largest absolute Gasteiger partial charge is 0.381 e. The number of nitrogens with two attached hydrogens (primary N) is 1.